The van der Waals surface area contributed by atoms with Gasteiger partial charge in [0, 0.05) is 12.2 Å². The predicted octanol–water partition coefficient (Wildman–Crippen LogP) is 3.37. The van der Waals surface area contributed by atoms with Crippen LogP contribution in [0.3, 0.4) is 0 Å². The van der Waals surface area contributed by atoms with Gasteiger partial charge in [-0.2, -0.15) is 0 Å². The lowest BCUT2D eigenvalue weighted by atomic mass is 9.96. The summed E-state index contributed by atoms with van der Waals surface area (Å²) in [4.78, 5) is 26.5. The summed E-state index contributed by atoms with van der Waals surface area (Å²) in [5, 5.41) is 5.43. The van der Waals surface area contributed by atoms with Gasteiger partial charge >= 0.3 is 11.8 Å². The zero-order valence-corrected chi connectivity index (χ0v) is 16.6. The van der Waals surface area contributed by atoms with Crippen LogP contribution in [0.1, 0.15) is 43.9 Å². The van der Waals surface area contributed by atoms with E-state index in [-0.39, 0.29) is 0 Å². The molecule has 1 aromatic heterocycles. The Kier molecular flexibility index (Phi) is 6.87. The Bertz CT molecular complexity index is 761. The maximum absolute atomic E-state index is 12.1. The van der Waals surface area contributed by atoms with Crippen LogP contribution in [-0.4, -0.2) is 36.3 Å². The lowest BCUT2D eigenvalue weighted by Gasteiger charge is -2.31. The Morgan fingerprint density at radius 1 is 1.11 bits per heavy atom. The fourth-order valence-electron chi connectivity index (χ4n) is 3.43. The van der Waals surface area contributed by atoms with Gasteiger partial charge in [-0.15, -0.1) is 0 Å². The topological polar surface area (TPSA) is 74.6 Å². The van der Waals surface area contributed by atoms with Crippen molar-refractivity contribution in [1.29, 1.82) is 0 Å². The molecule has 2 heterocycles. The second-order valence-electron chi connectivity index (χ2n) is 7.74. The highest BCUT2D eigenvalue weighted by molar-refractivity contribution is 6.39. The lowest BCUT2D eigenvalue weighted by Crippen LogP contribution is -2.41. The number of anilines is 1. The van der Waals surface area contributed by atoms with Crippen molar-refractivity contribution in [2.45, 2.75) is 39.2 Å². The monoisotopic (exact) mass is 383 g/mol. The maximum atomic E-state index is 12.1. The van der Waals surface area contributed by atoms with Crippen molar-refractivity contribution in [1.82, 2.24) is 10.2 Å². The summed E-state index contributed by atoms with van der Waals surface area (Å²) in [7, 11) is 0. The van der Waals surface area contributed by atoms with Crippen LogP contribution in [0.15, 0.2) is 47.1 Å². The molecule has 0 unspecified atom stereocenters. The third kappa shape index (κ3) is 5.70. The van der Waals surface area contributed by atoms with Crippen LogP contribution < -0.4 is 10.6 Å². The van der Waals surface area contributed by atoms with Crippen LogP contribution in [0.25, 0.3) is 0 Å². The number of hydrogen-bond acceptors (Lipinski definition) is 4. The number of piperidine rings is 1. The zero-order chi connectivity index (χ0) is 19.9. The molecule has 0 aliphatic carbocycles. The Morgan fingerprint density at radius 3 is 2.43 bits per heavy atom. The Morgan fingerprint density at radius 2 is 1.82 bits per heavy atom. The van der Waals surface area contributed by atoms with Gasteiger partial charge < -0.3 is 15.1 Å². The van der Waals surface area contributed by atoms with E-state index >= 15 is 0 Å². The van der Waals surface area contributed by atoms with Crippen molar-refractivity contribution >= 4 is 17.5 Å². The normalized spacial score (nSPS) is 15.5. The average molecular weight is 383 g/mol. The highest BCUT2D eigenvalue weighted by Crippen LogP contribution is 2.19. The van der Waals surface area contributed by atoms with Crippen LogP contribution in [-0.2, 0) is 16.1 Å². The standard InChI is InChI=1S/C22H29N3O3/c1-16(2)18-5-7-19(8-6-18)24-22(27)21(26)23-14-17-9-11-25(12-10-17)15-20-4-3-13-28-20/h3-8,13,16-17H,9-12,14-15H2,1-2H3,(H,23,26)(H,24,27). The van der Waals surface area contributed by atoms with E-state index in [1.807, 2.05) is 36.4 Å². The van der Waals surface area contributed by atoms with Crippen LogP contribution in [0.4, 0.5) is 5.69 Å². The molecule has 2 N–H and O–H groups in total. The van der Waals surface area contributed by atoms with Crippen molar-refractivity contribution < 1.29 is 14.0 Å². The molecule has 28 heavy (non-hydrogen) atoms. The van der Waals surface area contributed by atoms with Gasteiger partial charge in [0.1, 0.15) is 5.76 Å². The van der Waals surface area contributed by atoms with E-state index < -0.39 is 11.8 Å². The second-order valence-corrected chi connectivity index (χ2v) is 7.74. The molecule has 0 saturated carbocycles. The molecule has 0 spiro atoms. The molecule has 6 heteroatoms. The van der Waals surface area contributed by atoms with Gasteiger partial charge in [-0.05, 0) is 67.6 Å². The van der Waals surface area contributed by atoms with Crippen molar-refractivity contribution in [2.24, 2.45) is 5.92 Å². The number of rotatable bonds is 6. The smallest absolute Gasteiger partial charge is 0.313 e. The summed E-state index contributed by atoms with van der Waals surface area (Å²) in [6, 6.07) is 11.5. The minimum Gasteiger partial charge on any atom is -0.468 e. The fraction of sp³-hybridized carbons (Fsp3) is 0.455. The molecule has 1 fully saturated rings. The van der Waals surface area contributed by atoms with Crippen molar-refractivity contribution in [3.05, 3.63) is 54.0 Å². The predicted molar refractivity (Wildman–Crippen MR) is 109 cm³/mol. The van der Waals surface area contributed by atoms with Crippen LogP contribution >= 0.6 is 0 Å². The number of hydrogen-bond donors (Lipinski definition) is 2. The summed E-state index contributed by atoms with van der Waals surface area (Å²) < 4.78 is 5.39. The molecule has 1 aromatic carbocycles. The Balaban J connectivity index is 1.37. The number of carbonyl (C=O) groups is 2. The third-order valence-electron chi connectivity index (χ3n) is 5.26. The first-order valence-corrected chi connectivity index (χ1v) is 9.95. The number of benzene rings is 1. The molecule has 2 amide bonds. The first-order valence-electron chi connectivity index (χ1n) is 9.95. The molecule has 0 radical (unpaired) electrons. The number of amides is 2. The minimum absolute atomic E-state index is 0.398. The summed E-state index contributed by atoms with van der Waals surface area (Å²) in [6.07, 6.45) is 3.69. The average Bonchev–Trinajstić information content (AvgIpc) is 3.20. The van der Waals surface area contributed by atoms with Crippen molar-refractivity contribution in [3.8, 4) is 0 Å². The Labute approximate surface area is 166 Å². The summed E-state index contributed by atoms with van der Waals surface area (Å²) >= 11 is 0. The summed E-state index contributed by atoms with van der Waals surface area (Å²) in [5.74, 6) is 0.608. The first-order chi connectivity index (χ1) is 13.5. The molecule has 1 aliphatic rings. The van der Waals surface area contributed by atoms with E-state index in [0.29, 0.717) is 24.1 Å². The van der Waals surface area contributed by atoms with Gasteiger partial charge in [0.25, 0.3) is 0 Å². The number of furan rings is 1. The van der Waals surface area contributed by atoms with Crippen LogP contribution in [0.2, 0.25) is 0 Å². The van der Waals surface area contributed by atoms with Gasteiger partial charge in [0.15, 0.2) is 0 Å². The number of carbonyl (C=O) groups excluding carboxylic acids is 2. The molecule has 1 aliphatic heterocycles. The Hall–Kier alpha value is -2.60. The molecule has 0 bridgehead atoms. The second kappa shape index (κ2) is 9.55. The molecular formula is C22H29N3O3. The molecule has 150 valence electrons. The van der Waals surface area contributed by atoms with E-state index in [1.165, 1.54) is 5.56 Å². The first kappa shape index (κ1) is 20.1. The highest BCUT2D eigenvalue weighted by atomic mass is 16.3. The quantitative estimate of drug-likeness (QED) is 0.750. The van der Waals surface area contributed by atoms with E-state index in [4.69, 9.17) is 4.42 Å². The minimum atomic E-state index is -0.618. The molecule has 1 saturated heterocycles. The van der Waals surface area contributed by atoms with E-state index in [9.17, 15) is 9.59 Å². The lowest BCUT2D eigenvalue weighted by molar-refractivity contribution is -0.136. The van der Waals surface area contributed by atoms with Crippen LogP contribution in [0, 0.1) is 5.92 Å². The van der Waals surface area contributed by atoms with Crippen molar-refractivity contribution in [3.63, 3.8) is 0 Å². The molecule has 3 rings (SSSR count). The van der Waals surface area contributed by atoms with Crippen LogP contribution in [0.5, 0.6) is 0 Å². The third-order valence-corrected chi connectivity index (χ3v) is 5.26. The fourth-order valence-corrected chi connectivity index (χ4v) is 3.43. The van der Waals surface area contributed by atoms with Crippen molar-refractivity contribution in [2.75, 3.05) is 25.0 Å². The number of likely N-dealkylation sites (tertiary alicyclic amines) is 1. The molecule has 0 atom stereocenters. The molecular weight excluding hydrogens is 354 g/mol. The van der Waals surface area contributed by atoms with Gasteiger partial charge in [-0.3, -0.25) is 14.5 Å². The molecule has 6 nitrogen and oxygen atoms in total. The SMILES string of the molecule is CC(C)c1ccc(NC(=O)C(=O)NCC2CCN(Cc3ccco3)CC2)cc1. The van der Waals surface area contributed by atoms with Gasteiger partial charge in [-0.25, -0.2) is 0 Å². The number of nitrogens with zero attached hydrogens (tertiary/aromatic N) is 1. The largest absolute Gasteiger partial charge is 0.468 e. The summed E-state index contributed by atoms with van der Waals surface area (Å²) in [5.41, 5.74) is 1.83. The molecule has 2 aromatic rings. The van der Waals surface area contributed by atoms with E-state index in [0.717, 1.165) is 38.2 Å². The van der Waals surface area contributed by atoms with Gasteiger partial charge in [0.05, 0.1) is 12.8 Å². The number of nitrogens with one attached hydrogen (secondary N) is 2. The van der Waals surface area contributed by atoms with Gasteiger partial charge in [0.2, 0.25) is 0 Å². The summed E-state index contributed by atoms with van der Waals surface area (Å²) in [6.45, 7) is 7.52. The van der Waals surface area contributed by atoms with Gasteiger partial charge in [-0.1, -0.05) is 26.0 Å². The zero-order valence-electron chi connectivity index (χ0n) is 16.6. The van der Waals surface area contributed by atoms with E-state index in [2.05, 4.69) is 29.4 Å². The maximum Gasteiger partial charge on any atom is 0.313 e. The van der Waals surface area contributed by atoms with E-state index in [1.54, 1.807) is 6.26 Å². The highest BCUT2D eigenvalue weighted by Gasteiger charge is 2.22.